The number of aliphatic hydroxyl groups excluding tert-OH is 1. The number of phenols is 5. The lowest BCUT2D eigenvalue weighted by atomic mass is 9.70. The van der Waals surface area contributed by atoms with Crippen molar-refractivity contribution in [3.63, 3.8) is 0 Å². The number of non-ortho nitro benzene ring substituents is 1. The Morgan fingerprint density at radius 3 is 2.23 bits per heavy atom. The van der Waals surface area contributed by atoms with Gasteiger partial charge in [0.15, 0.2) is 23.0 Å². The molecule has 0 saturated carbocycles. The van der Waals surface area contributed by atoms with E-state index in [2.05, 4.69) is 0 Å². The van der Waals surface area contributed by atoms with Crippen LogP contribution in [-0.4, -0.2) is 41.7 Å². The second kappa shape index (κ2) is 9.07. The average Bonchev–Trinajstić information content (AvgIpc) is 2.96. The minimum atomic E-state index is -1.59. The molecule has 0 aliphatic carbocycles. The maximum atomic E-state index is 11.8. The molecule has 0 fully saturated rings. The highest BCUT2D eigenvalue weighted by molar-refractivity contribution is 5.66. The third-order valence-electron chi connectivity index (χ3n) is 8.55. The van der Waals surface area contributed by atoms with E-state index < -0.39 is 46.3 Å². The van der Waals surface area contributed by atoms with Crippen molar-refractivity contribution in [2.45, 2.75) is 37.3 Å². The van der Waals surface area contributed by atoms with Crippen molar-refractivity contribution in [1.29, 1.82) is 0 Å². The number of phenolic OH excluding ortho intramolecular Hbond substituents is 5. The summed E-state index contributed by atoms with van der Waals surface area (Å²) in [5.41, 5.74) is 1.77. The summed E-state index contributed by atoms with van der Waals surface area (Å²) in [5, 5.41) is 74.1. The molecule has 3 aliphatic rings. The maximum Gasteiger partial charge on any atom is 0.281 e. The normalized spacial score (nSPS) is 24.8. The highest BCUT2D eigenvalue weighted by atomic mass is 16.7. The van der Waals surface area contributed by atoms with E-state index in [0.29, 0.717) is 27.8 Å². The summed E-state index contributed by atoms with van der Waals surface area (Å²) in [6.07, 6.45) is -2.17. The van der Waals surface area contributed by atoms with Crippen molar-refractivity contribution in [2.24, 2.45) is 5.92 Å². The van der Waals surface area contributed by atoms with E-state index in [-0.39, 0.29) is 46.6 Å². The molecule has 0 amide bonds. The summed E-state index contributed by atoms with van der Waals surface area (Å²) in [6.45, 7) is 1.81. The van der Waals surface area contributed by atoms with Crippen molar-refractivity contribution < 1.29 is 49.8 Å². The van der Waals surface area contributed by atoms with E-state index >= 15 is 0 Å². The molecule has 43 heavy (non-hydrogen) atoms. The number of hydrogen-bond acceptors (Lipinski definition) is 11. The topological polar surface area (TPSA) is 192 Å². The molecule has 12 heteroatoms. The molecule has 0 spiro atoms. The van der Waals surface area contributed by atoms with Gasteiger partial charge < -0.3 is 44.8 Å². The van der Waals surface area contributed by atoms with Crippen molar-refractivity contribution in [2.75, 3.05) is 0 Å². The predicted molar refractivity (Wildman–Crippen MR) is 148 cm³/mol. The van der Waals surface area contributed by atoms with Crippen molar-refractivity contribution >= 4 is 5.69 Å². The maximum absolute atomic E-state index is 11.8. The Labute approximate surface area is 243 Å². The molecule has 6 N–H and O–H groups in total. The molecular weight excluding hydrogens is 562 g/mol. The van der Waals surface area contributed by atoms with E-state index in [1.54, 1.807) is 0 Å². The number of aliphatic hydroxyl groups is 1. The van der Waals surface area contributed by atoms with Crippen LogP contribution in [0.15, 0.2) is 60.7 Å². The molecule has 7 rings (SSSR count). The molecule has 4 aromatic rings. The van der Waals surface area contributed by atoms with Crippen LogP contribution in [0.5, 0.6) is 46.0 Å². The number of ether oxygens (including phenoxy) is 3. The van der Waals surface area contributed by atoms with Crippen LogP contribution in [0.25, 0.3) is 0 Å². The number of fused-ring (bicyclic) bond motifs is 8. The van der Waals surface area contributed by atoms with Crippen LogP contribution in [0.4, 0.5) is 5.69 Å². The highest BCUT2D eigenvalue weighted by Gasteiger charge is 2.58. The number of benzene rings is 4. The summed E-state index contributed by atoms with van der Waals surface area (Å²) >= 11 is 0. The van der Waals surface area contributed by atoms with Gasteiger partial charge in [-0.25, -0.2) is 0 Å². The fraction of sp³-hybridized carbons (Fsp3) is 0.226. The Bertz CT molecular complexity index is 1840. The number of nitrogens with zero attached hydrogens (tertiary/aromatic N) is 1. The Kier molecular flexibility index (Phi) is 5.60. The summed E-state index contributed by atoms with van der Waals surface area (Å²) in [7, 11) is 0. The highest BCUT2D eigenvalue weighted by Crippen LogP contribution is 2.63. The Hall–Kier alpha value is -5.36. The molecule has 0 radical (unpaired) electrons. The fourth-order valence-corrected chi connectivity index (χ4v) is 6.45. The van der Waals surface area contributed by atoms with Gasteiger partial charge in [-0.1, -0.05) is 13.0 Å². The third kappa shape index (κ3) is 3.79. The zero-order valence-electron chi connectivity index (χ0n) is 22.5. The summed E-state index contributed by atoms with van der Waals surface area (Å²) < 4.78 is 19.4. The first-order valence-electron chi connectivity index (χ1n) is 13.4. The first-order valence-corrected chi connectivity index (χ1v) is 13.4. The standard InChI is InChI=1S/C31H25NO11/c1-13-27-18-10-16(32(39)40)4-7-25(18)42-31(13,15-3-6-20(34)23(37)9-15)43-26-12-21(35)17-11-24(38)29(41-30(17)28(26)27)14-2-5-19(33)22(36)8-14/h2-10,12-13,24,27,29,33-38H,11H2,1H3/t13-,24+,27-,29-,31-/m1/s1. The second-order valence-corrected chi connectivity index (χ2v) is 11.0. The zero-order chi connectivity index (χ0) is 30.4. The molecule has 3 aliphatic heterocycles. The lowest BCUT2D eigenvalue weighted by molar-refractivity contribution is -0.385. The quantitative estimate of drug-likeness (QED) is 0.112. The van der Waals surface area contributed by atoms with E-state index in [4.69, 9.17) is 14.2 Å². The first-order chi connectivity index (χ1) is 20.5. The first kappa shape index (κ1) is 26.5. The van der Waals surface area contributed by atoms with Crippen LogP contribution >= 0.6 is 0 Å². The van der Waals surface area contributed by atoms with Gasteiger partial charge in [0.05, 0.1) is 11.0 Å². The third-order valence-corrected chi connectivity index (χ3v) is 8.55. The van der Waals surface area contributed by atoms with E-state index in [1.807, 2.05) is 6.92 Å². The van der Waals surface area contributed by atoms with E-state index in [0.717, 1.165) is 0 Å². The number of nitro benzene ring substituents is 1. The molecule has 0 saturated heterocycles. The molecule has 5 atom stereocenters. The van der Waals surface area contributed by atoms with Crippen molar-refractivity contribution in [3.05, 3.63) is 98.6 Å². The molecule has 3 heterocycles. The number of nitro groups is 1. The molecule has 4 aromatic carbocycles. The Morgan fingerprint density at radius 1 is 0.837 bits per heavy atom. The second-order valence-electron chi connectivity index (χ2n) is 11.0. The fourth-order valence-electron chi connectivity index (χ4n) is 6.45. The van der Waals surface area contributed by atoms with Crippen LogP contribution in [0, 0.1) is 16.0 Å². The van der Waals surface area contributed by atoms with Gasteiger partial charge in [0, 0.05) is 58.7 Å². The molecule has 220 valence electrons. The van der Waals surface area contributed by atoms with Crippen molar-refractivity contribution in [1.82, 2.24) is 0 Å². The zero-order valence-corrected chi connectivity index (χ0v) is 22.5. The van der Waals surface area contributed by atoms with Crippen LogP contribution in [0.1, 0.15) is 46.8 Å². The van der Waals surface area contributed by atoms with Crippen LogP contribution in [0.3, 0.4) is 0 Å². The van der Waals surface area contributed by atoms with Crippen LogP contribution < -0.4 is 14.2 Å². The number of rotatable bonds is 3. The van der Waals surface area contributed by atoms with Gasteiger partial charge in [-0.05, 0) is 42.0 Å². The molecule has 2 bridgehead atoms. The largest absolute Gasteiger partial charge is 0.507 e. The summed E-state index contributed by atoms with van der Waals surface area (Å²) in [5.74, 6) is -3.97. The SMILES string of the molecule is C[C@@H]1[C@@H]2c3cc([N+](=O)[O-])ccc3O[C@@]1(c1ccc(O)c(O)c1)Oc1cc(O)c3c(c12)O[C@H](c1ccc(O)c(O)c1)[C@@H](O)C3. The van der Waals surface area contributed by atoms with Gasteiger partial charge in [0.1, 0.15) is 29.1 Å². The van der Waals surface area contributed by atoms with Gasteiger partial charge in [-0.15, -0.1) is 0 Å². The number of aromatic hydroxyl groups is 5. The smallest absolute Gasteiger partial charge is 0.281 e. The average molecular weight is 588 g/mol. The summed E-state index contributed by atoms with van der Waals surface area (Å²) in [4.78, 5) is 11.3. The minimum absolute atomic E-state index is 0.0306. The predicted octanol–water partition coefficient (Wildman–Crippen LogP) is 4.57. The lowest BCUT2D eigenvalue weighted by Gasteiger charge is -2.51. The van der Waals surface area contributed by atoms with Crippen molar-refractivity contribution in [3.8, 4) is 46.0 Å². The molecule has 12 nitrogen and oxygen atoms in total. The molecule has 0 aromatic heterocycles. The van der Waals surface area contributed by atoms with Gasteiger partial charge in [-0.2, -0.15) is 0 Å². The van der Waals surface area contributed by atoms with E-state index in [1.165, 1.54) is 60.7 Å². The molecular formula is C31H25NO11. The Morgan fingerprint density at radius 2 is 1.53 bits per heavy atom. The van der Waals surface area contributed by atoms with Gasteiger partial charge in [0.25, 0.3) is 11.5 Å². The molecule has 0 unspecified atom stereocenters. The number of hydrogen-bond donors (Lipinski definition) is 6. The van der Waals surface area contributed by atoms with E-state index in [9.17, 15) is 40.8 Å². The van der Waals surface area contributed by atoms with Gasteiger partial charge in [-0.3, -0.25) is 10.1 Å². The lowest BCUT2D eigenvalue weighted by Crippen LogP contribution is -2.53. The monoisotopic (exact) mass is 587 g/mol. The summed E-state index contributed by atoms with van der Waals surface area (Å²) in [6, 6.07) is 13.7. The Balaban J connectivity index is 1.47. The van der Waals surface area contributed by atoms with Crippen LogP contribution in [0.2, 0.25) is 0 Å². The minimum Gasteiger partial charge on any atom is -0.507 e. The van der Waals surface area contributed by atoms with Gasteiger partial charge in [0.2, 0.25) is 0 Å². The van der Waals surface area contributed by atoms with Gasteiger partial charge >= 0.3 is 0 Å². The van der Waals surface area contributed by atoms with Crippen LogP contribution in [-0.2, 0) is 12.2 Å².